The van der Waals surface area contributed by atoms with E-state index in [1.807, 2.05) is 6.92 Å². The minimum Gasteiger partial charge on any atom is -0.313 e. The summed E-state index contributed by atoms with van der Waals surface area (Å²) in [4.78, 5) is 4.36. The standard InChI is InChI=1S/C7H10N6S3/c1-2-5-9-7(16-12-5)14-3-4-6(10-8)15-13-11-4/h10H,2-3,8H2,1H3. The fourth-order valence-corrected chi connectivity index (χ4v) is 3.20. The average Bonchev–Trinajstić information content (AvgIpc) is 2.94. The lowest BCUT2D eigenvalue weighted by Crippen LogP contribution is -2.06. The summed E-state index contributed by atoms with van der Waals surface area (Å²) in [6, 6.07) is 0. The number of aromatic nitrogens is 4. The number of hydrogen-bond donors (Lipinski definition) is 2. The monoisotopic (exact) mass is 274 g/mol. The van der Waals surface area contributed by atoms with Crippen molar-refractivity contribution in [1.29, 1.82) is 0 Å². The average molecular weight is 274 g/mol. The van der Waals surface area contributed by atoms with E-state index in [4.69, 9.17) is 5.84 Å². The number of anilines is 1. The zero-order chi connectivity index (χ0) is 11.4. The van der Waals surface area contributed by atoms with Crippen LogP contribution in [0.1, 0.15) is 18.4 Å². The zero-order valence-corrected chi connectivity index (χ0v) is 11.0. The van der Waals surface area contributed by atoms with E-state index in [0.717, 1.165) is 27.3 Å². The van der Waals surface area contributed by atoms with Gasteiger partial charge in [-0.1, -0.05) is 23.2 Å². The van der Waals surface area contributed by atoms with Crippen molar-refractivity contribution in [3.8, 4) is 0 Å². The fraction of sp³-hybridized carbons (Fsp3) is 0.429. The van der Waals surface area contributed by atoms with Crippen LogP contribution in [0.15, 0.2) is 4.34 Å². The lowest BCUT2D eigenvalue weighted by Gasteiger charge is -1.96. The van der Waals surface area contributed by atoms with Gasteiger partial charge in [0.25, 0.3) is 0 Å². The van der Waals surface area contributed by atoms with E-state index in [1.165, 1.54) is 23.1 Å². The van der Waals surface area contributed by atoms with Gasteiger partial charge in [0.15, 0.2) is 4.34 Å². The molecule has 0 atom stereocenters. The van der Waals surface area contributed by atoms with Crippen LogP contribution >= 0.6 is 34.8 Å². The summed E-state index contributed by atoms with van der Waals surface area (Å²) in [5, 5.41) is 4.79. The van der Waals surface area contributed by atoms with Crippen LogP contribution in [0.3, 0.4) is 0 Å². The molecule has 0 aliphatic heterocycles. The molecule has 0 fully saturated rings. The smallest absolute Gasteiger partial charge is 0.170 e. The molecule has 16 heavy (non-hydrogen) atoms. The Labute approximate surface area is 105 Å². The first kappa shape index (κ1) is 11.7. The molecule has 2 heterocycles. The molecule has 0 saturated heterocycles. The second-order valence-electron chi connectivity index (χ2n) is 2.81. The highest BCUT2D eigenvalue weighted by atomic mass is 32.2. The molecule has 0 amide bonds. The highest BCUT2D eigenvalue weighted by Gasteiger charge is 2.09. The number of nitrogens with one attached hydrogen (secondary N) is 1. The van der Waals surface area contributed by atoms with E-state index in [-0.39, 0.29) is 0 Å². The summed E-state index contributed by atoms with van der Waals surface area (Å²) in [5.74, 6) is 6.93. The Morgan fingerprint density at radius 2 is 2.31 bits per heavy atom. The largest absolute Gasteiger partial charge is 0.313 e. The molecule has 0 bridgehead atoms. The van der Waals surface area contributed by atoms with Crippen molar-refractivity contribution in [2.45, 2.75) is 23.4 Å². The summed E-state index contributed by atoms with van der Waals surface area (Å²) in [7, 11) is 0. The number of nitrogens with zero attached hydrogens (tertiary/aromatic N) is 4. The van der Waals surface area contributed by atoms with E-state index >= 15 is 0 Å². The molecular formula is C7H10N6S3. The van der Waals surface area contributed by atoms with Crippen molar-refractivity contribution in [1.82, 2.24) is 18.9 Å². The summed E-state index contributed by atoms with van der Waals surface area (Å²) >= 11 is 4.26. The lowest BCUT2D eigenvalue weighted by molar-refractivity contribution is 0.971. The maximum Gasteiger partial charge on any atom is 0.170 e. The second kappa shape index (κ2) is 5.53. The topological polar surface area (TPSA) is 89.6 Å². The van der Waals surface area contributed by atoms with Crippen molar-refractivity contribution in [3.05, 3.63) is 11.5 Å². The molecule has 3 N–H and O–H groups in total. The lowest BCUT2D eigenvalue weighted by atomic mass is 10.5. The number of nitrogens with two attached hydrogens (primary N) is 1. The van der Waals surface area contributed by atoms with Gasteiger partial charge >= 0.3 is 0 Å². The molecule has 0 saturated carbocycles. The highest BCUT2D eigenvalue weighted by molar-refractivity contribution is 8.00. The Hall–Kier alpha value is -0.770. The van der Waals surface area contributed by atoms with E-state index < -0.39 is 0 Å². The van der Waals surface area contributed by atoms with Crippen LogP contribution in [0.4, 0.5) is 5.00 Å². The van der Waals surface area contributed by atoms with Crippen molar-refractivity contribution in [2.24, 2.45) is 5.84 Å². The van der Waals surface area contributed by atoms with Crippen LogP contribution in [0.5, 0.6) is 0 Å². The molecule has 0 radical (unpaired) electrons. The second-order valence-corrected chi connectivity index (χ2v) is 5.54. The molecule has 2 aromatic heterocycles. The summed E-state index contributed by atoms with van der Waals surface area (Å²) in [6.07, 6.45) is 0.866. The van der Waals surface area contributed by atoms with Gasteiger partial charge < -0.3 is 5.43 Å². The molecule has 0 spiro atoms. The van der Waals surface area contributed by atoms with Crippen LogP contribution < -0.4 is 11.3 Å². The van der Waals surface area contributed by atoms with Crippen LogP contribution in [0.25, 0.3) is 0 Å². The highest BCUT2D eigenvalue weighted by Crippen LogP contribution is 2.27. The van der Waals surface area contributed by atoms with Gasteiger partial charge in [0.05, 0.1) is 0 Å². The molecule has 0 aliphatic rings. The number of aryl methyl sites for hydroxylation is 1. The van der Waals surface area contributed by atoms with Crippen LogP contribution in [-0.2, 0) is 12.2 Å². The first-order valence-electron chi connectivity index (χ1n) is 4.56. The molecular weight excluding hydrogens is 264 g/mol. The van der Waals surface area contributed by atoms with Gasteiger partial charge in [-0.25, -0.2) is 10.8 Å². The normalized spacial score (nSPS) is 10.6. The van der Waals surface area contributed by atoms with E-state index in [0.29, 0.717) is 5.75 Å². The van der Waals surface area contributed by atoms with Crippen LogP contribution in [0.2, 0.25) is 0 Å². The van der Waals surface area contributed by atoms with Crippen LogP contribution in [-0.4, -0.2) is 18.9 Å². The van der Waals surface area contributed by atoms with Gasteiger partial charge in [0, 0.05) is 23.7 Å². The first-order chi connectivity index (χ1) is 7.83. The quantitative estimate of drug-likeness (QED) is 0.485. The van der Waals surface area contributed by atoms with E-state index in [2.05, 4.69) is 24.4 Å². The van der Waals surface area contributed by atoms with Gasteiger partial charge in [-0.2, -0.15) is 4.37 Å². The number of hydrogen-bond acceptors (Lipinski definition) is 9. The van der Waals surface area contributed by atoms with Crippen molar-refractivity contribution in [3.63, 3.8) is 0 Å². The van der Waals surface area contributed by atoms with Gasteiger partial charge in [-0.05, 0) is 11.5 Å². The molecule has 86 valence electrons. The molecule has 2 aromatic rings. The van der Waals surface area contributed by atoms with E-state index in [9.17, 15) is 0 Å². The molecule has 0 unspecified atom stereocenters. The number of rotatable bonds is 5. The van der Waals surface area contributed by atoms with Crippen molar-refractivity contribution >= 4 is 39.8 Å². The maximum atomic E-state index is 5.34. The third-order valence-corrected chi connectivity index (χ3v) is 4.37. The van der Waals surface area contributed by atoms with Gasteiger partial charge in [0.1, 0.15) is 16.5 Å². The number of nitrogen functional groups attached to an aromatic ring is 1. The zero-order valence-electron chi connectivity index (χ0n) is 8.51. The molecule has 0 aliphatic carbocycles. The Morgan fingerprint density at radius 3 is 3.00 bits per heavy atom. The molecule has 2 rings (SSSR count). The first-order valence-corrected chi connectivity index (χ1v) is 7.10. The maximum absolute atomic E-state index is 5.34. The molecule has 9 heteroatoms. The number of thioether (sulfide) groups is 1. The Bertz CT molecular complexity index is 452. The predicted molar refractivity (Wildman–Crippen MR) is 66.6 cm³/mol. The van der Waals surface area contributed by atoms with Crippen molar-refractivity contribution < 1.29 is 0 Å². The minimum atomic E-state index is 0.703. The van der Waals surface area contributed by atoms with Gasteiger partial charge in [0.2, 0.25) is 0 Å². The van der Waals surface area contributed by atoms with Gasteiger partial charge in [-0.3, -0.25) is 0 Å². The summed E-state index contributed by atoms with van der Waals surface area (Å²) in [5.41, 5.74) is 3.43. The Kier molecular flexibility index (Phi) is 4.04. The molecule has 6 nitrogen and oxygen atoms in total. The number of hydrazine groups is 1. The predicted octanol–water partition coefficient (Wildman–Crippen LogP) is 1.53. The fourth-order valence-electron chi connectivity index (χ4n) is 0.983. The Morgan fingerprint density at radius 1 is 1.44 bits per heavy atom. The summed E-state index contributed by atoms with van der Waals surface area (Å²) in [6.45, 7) is 2.04. The SMILES string of the molecule is CCc1nsc(SCc2nnsc2NN)n1. The summed E-state index contributed by atoms with van der Waals surface area (Å²) < 4.78 is 8.99. The van der Waals surface area contributed by atoms with Crippen LogP contribution in [0, 0.1) is 0 Å². The van der Waals surface area contributed by atoms with Crippen molar-refractivity contribution in [2.75, 3.05) is 5.43 Å². The minimum absolute atomic E-state index is 0.703. The Balaban J connectivity index is 1.96. The molecule has 0 aromatic carbocycles. The van der Waals surface area contributed by atoms with Gasteiger partial charge in [-0.15, -0.1) is 5.10 Å². The third-order valence-electron chi connectivity index (χ3n) is 1.78. The van der Waals surface area contributed by atoms with E-state index in [1.54, 1.807) is 11.8 Å². The third kappa shape index (κ3) is 2.67.